The molecular weight excluding hydrogens is 184 g/mol. The Bertz CT molecular complexity index is 292. The molecule has 1 rings (SSSR count). The Kier molecular flexibility index (Phi) is 2.93. The van der Waals surface area contributed by atoms with Crippen molar-refractivity contribution in [3.05, 3.63) is 11.8 Å². The molecule has 4 nitrogen and oxygen atoms in total. The van der Waals surface area contributed by atoms with Gasteiger partial charge in [-0.05, 0) is 6.92 Å². The normalized spacial score (nSPS) is 26.8. The van der Waals surface area contributed by atoms with Crippen molar-refractivity contribution in [2.24, 2.45) is 5.41 Å². The molecule has 0 unspecified atom stereocenters. The Labute approximate surface area is 82.9 Å². The monoisotopic (exact) mass is 198 g/mol. The van der Waals surface area contributed by atoms with Crippen molar-refractivity contribution in [3.63, 3.8) is 0 Å². The zero-order valence-corrected chi connectivity index (χ0v) is 8.62. The van der Waals surface area contributed by atoms with Gasteiger partial charge >= 0.3 is 5.97 Å². The van der Waals surface area contributed by atoms with Crippen molar-refractivity contribution < 1.29 is 19.1 Å². The molecule has 14 heavy (non-hydrogen) atoms. The lowest BCUT2D eigenvalue weighted by molar-refractivity contribution is -0.154. The van der Waals surface area contributed by atoms with Gasteiger partial charge in [0, 0.05) is 18.9 Å². The van der Waals surface area contributed by atoms with E-state index in [2.05, 4.69) is 4.74 Å². The van der Waals surface area contributed by atoms with E-state index in [1.54, 1.807) is 6.92 Å². The van der Waals surface area contributed by atoms with Crippen LogP contribution in [0.25, 0.3) is 0 Å². The summed E-state index contributed by atoms with van der Waals surface area (Å²) in [5, 5.41) is 0. The molecule has 0 aromatic carbocycles. The molecule has 0 radical (unpaired) electrons. The molecule has 0 amide bonds. The van der Waals surface area contributed by atoms with E-state index < -0.39 is 5.41 Å². The van der Waals surface area contributed by atoms with Crippen LogP contribution in [-0.2, 0) is 19.1 Å². The number of esters is 1. The smallest absolute Gasteiger partial charge is 0.312 e. The number of methoxy groups -OCH3 is 2. The fourth-order valence-electron chi connectivity index (χ4n) is 1.64. The number of rotatable bonds is 2. The maximum Gasteiger partial charge on any atom is 0.312 e. The van der Waals surface area contributed by atoms with Crippen LogP contribution in [0.3, 0.4) is 0 Å². The molecule has 0 bridgehead atoms. The largest absolute Gasteiger partial charge is 0.501 e. The second kappa shape index (κ2) is 3.82. The lowest BCUT2D eigenvalue weighted by Gasteiger charge is -2.29. The summed E-state index contributed by atoms with van der Waals surface area (Å²) in [5.41, 5.74) is -0.772. The second-order valence-corrected chi connectivity index (χ2v) is 3.69. The van der Waals surface area contributed by atoms with Crippen LogP contribution in [-0.4, -0.2) is 26.0 Å². The number of carbonyl (C=O) groups is 2. The van der Waals surface area contributed by atoms with E-state index >= 15 is 0 Å². The Hall–Kier alpha value is -1.32. The van der Waals surface area contributed by atoms with E-state index in [1.165, 1.54) is 20.3 Å². The summed E-state index contributed by atoms with van der Waals surface area (Å²) in [6, 6.07) is 0. The molecule has 1 aliphatic carbocycles. The van der Waals surface area contributed by atoms with E-state index in [0.29, 0.717) is 12.2 Å². The minimum atomic E-state index is -0.772. The minimum Gasteiger partial charge on any atom is -0.501 e. The molecule has 0 saturated carbocycles. The Morgan fingerprint density at radius 3 is 2.57 bits per heavy atom. The number of ketones is 1. The van der Waals surface area contributed by atoms with Gasteiger partial charge in [0.1, 0.15) is 5.76 Å². The molecule has 0 fully saturated rings. The van der Waals surface area contributed by atoms with Gasteiger partial charge < -0.3 is 9.47 Å². The van der Waals surface area contributed by atoms with Crippen LogP contribution in [0.2, 0.25) is 0 Å². The molecule has 0 aromatic heterocycles. The highest BCUT2D eigenvalue weighted by molar-refractivity contribution is 5.95. The summed E-state index contributed by atoms with van der Waals surface area (Å²) in [6.07, 6.45) is 2.04. The van der Waals surface area contributed by atoms with Crippen LogP contribution >= 0.6 is 0 Å². The van der Waals surface area contributed by atoms with Crippen molar-refractivity contribution in [1.29, 1.82) is 0 Å². The fraction of sp³-hybridized carbons (Fsp3) is 0.600. The topological polar surface area (TPSA) is 52.6 Å². The zero-order chi connectivity index (χ0) is 10.8. The Morgan fingerprint density at radius 1 is 1.43 bits per heavy atom. The zero-order valence-electron chi connectivity index (χ0n) is 8.62. The van der Waals surface area contributed by atoms with Crippen molar-refractivity contribution >= 4 is 11.8 Å². The summed E-state index contributed by atoms with van der Waals surface area (Å²) in [7, 11) is 2.81. The maximum atomic E-state index is 11.4. The standard InChI is InChI=1S/C10H14O4/c1-10(9(12)14-3)5-7(11)4-8(6-10)13-2/h4H,5-6H2,1-3H3/t10-/m1/s1. The van der Waals surface area contributed by atoms with Gasteiger partial charge in [0.2, 0.25) is 0 Å². The lowest BCUT2D eigenvalue weighted by Crippen LogP contribution is -2.34. The lowest BCUT2D eigenvalue weighted by atomic mass is 9.77. The quantitative estimate of drug-likeness (QED) is 0.622. The van der Waals surface area contributed by atoms with Gasteiger partial charge in [0.15, 0.2) is 5.78 Å². The summed E-state index contributed by atoms with van der Waals surface area (Å²) >= 11 is 0. The van der Waals surface area contributed by atoms with Crippen molar-refractivity contribution in [2.75, 3.05) is 14.2 Å². The van der Waals surface area contributed by atoms with E-state index in [-0.39, 0.29) is 18.2 Å². The molecule has 0 spiro atoms. The van der Waals surface area contributed by atoms with Gasteiger partial charge in [-0.15, -0.1) is 0 Å². The highest BCUT2D eigenvalue weighted by Gasteiger charge is 2.40. The average molecular weight is 198 g/mol. The van der Waals surface area contributed by atoms with Crippen LogP contribution < -0.4 is 0 Å². The Morgan fingerprint density at radius 2 is 2.07 bits per heavy atom. The summed E-state index contributed by atoms with van der Waals surface area (Å²) < 4.78 is 9.64. The summed E-state index contributed by atoms with van der Waals surface area (Å²) in [4.78, 5) is 22.7. The van der Waals surface area contributed by atoms with Gasteiger partial charge in [-0.25, -0.2) is 0 Å². The molecule has 4 heteroatoms. The average Bonchev–Trinajstić information content (AvgIpc) is 2.15. The van der Waals surface area contributed by atoms with Crippen molar-refractivity contribution in [2.45, 2.75) is 19.8 Å². The molecule has 0 heterocycles. The van der Waals surface area contributed by atoms with Crippen molar-refractivity contribution in [3.8, 4) is 0 Å². The van der Waals surface area contributed by atoms with E-state index in [1.807, 2.05) is 0 Å². The van der Waals surface area contributed by atoms with Crippen LogP contribution in [0.15, 0.2) is 11.8 Å². The van der Waals surface area contributed by atoms with E-state index in [4.69, 9.17) is 4.74 Å². The number of ether oxygens (including phenoxy) is 2. The van der Waals surface area contributed by atoms with Crippen molar-refractivity contribution in [1.82, 2.24) is 0 Å². The number of hydrogen-bond donors (Lipinski definition) is 0. The van der Waals surface area contributed by atoms with Gasteiger partial charge in [-0.3, -0.25) is 9.59 Å². The summed E-state index contributed by atoms with van der Waals surface area (Å²) in [6.45, 7) is 1.71. The second-order valence-electron chi connectivity index (χ2n) is 3.69. The van der Waals surface area contributed by atoms with Crippen LogP contribution in [0.4, 0.5) is 0 Å². The third-order valence-corrected chi connectivity index (χ3v) is 2.39. The molecule has 0 saturated heterocycles. The minimum absolute atomic E-state index is 0.0963. The predicted octanol–water partition coefficient (Wildman–Crippen LogP) is 1.06. The summed E-state index contributed by atoms with van der Waals surface area (Å²) in [5.74, 6) is 0.0728. The SMILES string of the molecule is COC(=O)[C@]1(C)CC(=O)C=C(OC)C1. The molecule has 78 valence electrons. The third-order valence-electron chi connectivity index (χ3n) is 2.39. The van der Waals surface area contributed by atoms with Gasteiger partial charge in [0.25, 0.3) is 0 Å². The van der Waals surface area contributed by atoms with Crippen LogP contribution in [0, 0.1) is 5.41 Å². The first-order chi connectivity index (χ1) is 6.51. The van der Waals surface area contributed by atoms with Gasteiger partial charge in [-0.1, -0.05) is 0 Å². The first-order valence-corrected chi connectivity index (χ1v) is 4.37. The Balaban J connectivity index is 2.90. The molecular formula is C10H14O4. The van der Waals surface area contributed by atoms with E-state index in [9.17, 15) is 9.59 Å². The first kappa shape index (κ1) is 10.8. The maximum absolute atomic E-state index is 11.4. The number of carbonyl (C=O) groups excluding carboxylic acids is 2. The predicted molar refractivity (Wildman–Crippen MR) is 49.5 cm³/mol. The molecule has 0 aromatic rings. The highest BCUT2D eigenvalue weighted by atomic mass is 16.5. The van der Waals surface area contributed by atoms with Crippen LogP contribution in [0.1, 0.15) is 19.8 Å². The number of allylic oxidation sites excluding steroid dienone is 2. The molecule has 0 aliphatic heterocycles. The highest BCUT2D eigenvalue weighted by Crippen LogP contribution is 2.35. The van der Waals surface area contributed by atoms with Crippen LogP contribution in [0.5, 0.6) is 0 Å². The molecule has 1 aliphatic rings. The molecule has 0 N–H and O–H groups in total. The van der Waals surface area contributed by atoms with E-state index in [0.717, 1.165) is 0 Å². The number of hydrogen-bond acceptors (Lipinski definition) is 4. The molecule has 1 atom stereocenters. The fourth-order valence-corrected chi connectivity index (χ4v) is 1.64. The first-order valence-electron chi connectivity index (χ1n) is 4.37. The van der Waals surface area contributed by atoms with Gasteiger partial charge in [-0.2, -0.15) is 0 Å². The third kappa shape index (κ3) is 1.95. The van der Waals surface area contributed by atoms with Gasteiger partial charge in [0.05, 0.1) is 19.6 Å².